The number of nitrogens with zero attached hydrogens (tertiary/aromatic N) is 1. The molecule has 0 amide bonds. The Balaban J connectivity index is 3.18. The molecule has 7 heteroatoms. The Morgan fingerprint density at radius 1 is 1.42 bits per heavy atom. The molecule has 0 bridgehead atoms. The van der Waals surface area contributed by atoms with Gasteiger partial charge in [-0.25, -0.2) is 0 Å². The van der Waals surface area contributed by atoms with Crippen LogP contribution in [0.4, 0.5) is 13.2 Å². The second-order valence-corrected chi connectivity index (χ2v) is 4.40. The zero-order valence-corrected chi connectivity index (χ0v) is 10.5. The first-order valence-corrected chi connectivity index (χ1v) is 5.57. The Labute approximate surface area is 108 Å². The standard InChI is InChI=1S/C12H15F3N2O2/c1-7(2)6-19-10-4-3-8(12(13,14)15)5-9(10)11(16)17-18/h3-5,7,18H,6H2,1-2H3,(H2,16,17). The lowest BCUT2D eigenvalue weighted by molar-refractivity contribution is -0.137. The van der Waals surface area contributed by atoms with Crippen molar-refractivity contribution >= 4 is 5.84 Å². The van der Waals surface area contributed by atoms with Gasteiger partial charge in [-0.15, -0.1) is 0 Å². The van der Waals surface area contributed by atoms with Gasteiger partial charge >= 0.3 is 6.18 Å². The lowest BCUT2D eigenvalue weighted by Crippen LogP contribution is -2.18. The third-order valence-electron chi connectivity index (χ3n) is 2.26. The zero-order valence-electron chi connectivity index (χ0n) is 10.5. The van der Waals surface area contributed by atoms with E-state index in [0.29, 0.717) is 6.61 Å². The fourth-order valence-corrected chi connectivity index (χ4v) is 1.34. The van der Waals surface area contributed by atoms with Crippen LogP contribution in [0.3, 0.4) is 0 Å². The molecule has 19 heavy (non-hydrogen) atoms. The fourth-order valence-electron chi connectivity index (χ4n) is 1.34. The number of rotatable bonds is 4. The van der Waals surface area contributed by atoms with Crippen molar-refractivity contribution in [1.82, 2.24) is 0 Å². The van der Waals surface area contributed by atoms with Gasteiger partial charge < -0.3 is 15.7 Å². The summed E-state index contributed by atoms with van der Waals surface area (Å²) in [6.07, 6.45) is -4.50. The molecule has 0 spiro atoms. The van der Waals surface area contributed by atoms with Crippen molar-refractivity contribution in [3.63, 3.8) is 0 Å². The van der Waals surface area contributed by atoms with E-state index in [9.17, 15) is 13.2 Å². The summed E-state index contributed by atoms with van der Waals surface area (Å²) in [4.78, 5) is 0. The van der Waals surface area contributed by atoms with Gasteiger partial charge in [-0.1, -0.05) is 19.0 Å². The Bertz CT molecular complexity index is 471. The molecule has 0 saturated carbocycles. The molecule has 1 aromatic carbocycles. The quantitative estimate of drug-likeness (QED) is 0.384. The lowest BCUT2D eigenvalue weighted by Gasteiger charge is -2.14. The van der Waals surface area contributed by atoms with Crippen LogP contribution in [0.2, 0.25) is 0 Å². The van der Waals surface area contributed by atoms with Crippen LogP contribution in [0.25, 0.3) is 0 Å². The first kappa shape index (κ1) is 15.1. The van der Waals surface area contributed by atoms with E-state index in [1.807, 2.05) is 13.8 Å². The van der Waals surface area contributed by atoms with Gasteiger partial charge in [0.25, 0.3) is 0 Å². The van der Waals surface area contributed by atoms with E-state index >= 15 is 0 Å². The number of amidine groups is 1. The first-order valence-electron chi connectivity index (χ1n) is 5.57. The summed E-state index contributed by atoms with van der Waals surface area (Å²) in [5, 5.41) is 11.3. The van der Waals surface area contributed by atoms with Crippen LogP contribution in [-0.4, -0.2) is 17.6 Å². The average Bonchev–Trinajstić information content (AvgIpc) is 2.34. The molecule has 0 aromatic heterocycles. The average molecular weight is 276 g/mol. The molecule has 0 saturated heterocycles. The number of oxime groups is 1. The Morgan fingerprint density at radius 2 is 2.05 bits per heavy atom. The van der Waals surface area contributed by atoms with Gasteiger partial charge in [0, 0.05) is 0 Å². The van der Waals surface area contributed by atoms with E-state index in [0.717, 1.165) is 12.1 Å². The topological polar surface area (TPSA) is 67.8 Å². The summed E-state index contributed by atoms with van der Waals surface area (Å²) in [6.45, 7) is 4.11. The van der Waals surface area contributed by atoms with E-state index in [4.69, 9.17) is 15.7 Å². The minimum atomic E-state index is -4.50. The third-order valence-corrected chi connectivity index (χ3v) is 2.26. The molecule has 4 nitrogen and oxygen atoms in total. The Hall–Kier alpha value is -1.92. The van der Waals surface area contributed by atoms with Gasteiger partial charge in [0.05, 0.1) is 17.7 Å². The van der Waals surface area contributed by atoms with Crippen LogP contribution >= 0.6 is 0 Å². The highest BCUT2D eigenvalue weighted by Gasteiger charge is 2.31. The molecular formula is C12H15F3N2O2. The van der Waals surface area contributed by atoms with Crippen molar-refractivity contribution in [1.29, 1.82) is 0 Å². The maximum absolute atomic E-state index is 12.6. The van der Waals surface area contributed by atoms with Crippen LogP contribution < -0.4 is 10.5 Å². The molecule has 3 N–H and O–H groups in total. The van der Waals surface area contributed by atoms with Gasteiger partial charge in [-0.05, 0) is 24.1 Å². The SMILES string of the molecule is CC(C)COc1ccc(C(F)(F)F)cc1/C(N)=N/O. The van der Waals surface area contributed by atoms with Crippen molar-refractivity contribution in [3.05, 3.63) is 29.3 Å². The molecule has 0 fully saturated rings. The van der Waals surface area contributed by atoms with E-state index in [2.05, 4.69) is 5.16 Å². The van der Waals surface area contributed by atoms with Crippen molar-refractivity contribution < 1.29 is 23.1 Å². The molecule has 0 aliphatic carbocycles. The summed E-state index contributed by atoms with van der Waals surface area (Å²) in [5.41, 5.74) is 4.40. The highest BCUT2D eigenvalue weighted by Crippen LogP contribution is 2.32. The monoisotopic (exact) mass is 276 g/mol. The maximum Gasteiger partial charge on any atom is 0.416 e. The number of benzene rings is 1. The molecule has 0 unspecified atom stereocenters. The van der Waals surface area contributed by atoms with Crippen molar-refractivity contribution in [2.75, 3.05) is 6.61 Å². The van der Waals surface area contributed by atoms with E-state index in [-0.39, 0.29) is 17.2 Å². The van der Waals surface area contributed by atoms with Crippen LogP contribution in [-0.2, 0) is 6.18 Å². The largest absolute Gasteiger partial charge is 0.493 e. The Morgan fingerprint density at radius 3 is 2.53 bits per heavy atom. The minimum absolute atomic E-state index is 0.0852. The van der Waals surface area contributed by atoms with Gasteiger partial charge in [-0.2, -0.15) is 13.2 Å². The number of ether oxygens (including phenoxy) is 1. The second-order valence-electron chi connectivity index (χ2n) is 4.40. The first-order chi connectivity index (χ1) is 8.75. The smallest absolute Gasteiger partial charge is 0.416 e. The zero-order chi connectivity index (χ0) is 14.6. The summed E-state index contributed by atoms with van der Waals surface area (Å²) in [7, 11) is 0. The normalized spacial score (nSPS) is 12.8. The molecule has 0 radical (unpaired) electrons. The number of hydrogen-bond acceptors (Lipinski definition) is 3. The number of halogens is 3. The predicted molar refractivity (Wildman–Crippen MR) is 64.3 cm³/mol. The van der Waals surface area contributed by atoms with Gasteiger partial charge in [0.15, 0.2) is 5.84 Å². The van der Waals surface area contributed by atoms with Gasteiger partial charge in [0.1, 0.15) is 5.75 Å². The van der Waals surface area contributed by atoms with Gasteiger partial charge in [-0.3, -0.25) is 0 Å². The van der Waals surface area contributed by atoms with Crippen LogP contribution in [0.5, 0.6) is 5.75 Å². The third kappa shape index (κ3) is 4.04. The highest BCUT2D eigenvalue weighted by molar-refractivity contribution is 5.99. The summed E-state index contributed by atoms with van der Waals surface area (Å²) < 4.78 is 43.1. The highest BCUT2D eigenvalue weighted by atomic mass is 19.4. The van der Waals surface area contributed by atoms with E-state index < -0.39 is 17.6 Å². The summed E-state index contributed by atoms with van der Waals surface area (Å²) >= 11 is 0. The number of alkyl halides is 3. The molecule has 0 aliphatic heterocycles. The van der Waals surface area contributed by atoms with Gasteiger partial charge in [0.2, 0.25) is 0 Å². The summed E-state index contributed by atoms with van der Waals surface area (Å²) in [6, 6.07) is 2.85. The number of nitrogens with two attached hydrogens (primary N) is 1. The molecule has 1 aromatic rings. The van der Waals surface area contributed by atoms with E-state index in [1.54, 1.807) is 0 Å². The van der Waals surface area contributed by atoms with E-state index in [1.165, 1.54) is 6.07 Å². The lowest BCUT2D eigenvalue weighted by atomic mass is 10.1. The predicted octanol–water partition coefficient (Wildman–Crippen LogP) is 2.83. The maximum atomic E-state index is 12.6. The van der Waals surface area contributed by atoms with Crippen molar-refractivity contribution in [3.8, 4) is 5.75 Å². The fraction of sp³-hybridized carbons (Fsp3) is 0.417. The molecule has 0 aliphatic rings. The molecule has 0 atom stereocenters. The van der Waals surface area contributed by atoms with Crippen LogP contribution in [0.1, 0.15) is 25.0 Å². The van der Waals surface area contributed by atoms with Crippen molar-refractivity contribution in [2.24, 2.45) is 16.8 Å². The minimum Gasteiger partial charge on any atom is -0.493 e. The second kappa shape index (κ2) is 5.81. The number of hydrogen-bond donors (Lipinski definition) is 2. The molecule has 106 valence electrons. The molecular weight excluding hydrogens is 261 g/mol. The van der Waals surface area contributed by atoms with Crippen LogP contribution in [0, 0.1) is 5.92 Å². The molecule has 0 heterocycles. The van der Waals surface area contributed by atoms with Crippen LogP contribution in [0.15, 0.2) is 23.4 Å². The Kier molecular flexibility index (Phi) is 4.63. The van der Waals surface area contributed by atoms with Crippen molar-refractivity contribution in [2.45, 2.75) is 20.0 Å². The summed E-state index contributed by atoms with van der Waals surface area (Å²) in [5.74, 6) is -0.0794. The molecule has 1 rings (SSSR count).